The Bertz CT molecular complexity index is 434. The molecule has 0 radical (unpaired) electrons. The zero-order valence-electron chi connectivity index (χ0n) is 12.9. The fourth-order valence-electron chi connectivity index (χ4n) is 1.72. The van der Waals surface area contributed by atoms with Crippen molar-refractivity contribution in [3.63, 3.8) is 0 Å². The molecule has 0 unspecified atom stereocenters. The van der Waals surface area contributed by atoms with Crippen molar-refractivity contribution in [3.05, 3.63) is 29.3 Å². The van der Waals surface area contributed by atoms with Crippen LogP contribution in [0.3, 0.4) is 0 Å². The number of aliphatic hydroxyl groups is 1. The second-order valence-corrected chi connectivity index (χ2v) is 4.88. The maximum absolute atomic E-state index is 11.6. The van der Waals surface area contributed by atoms with Crippen LogP contribution in [0.25, 0.3) is 0 Å². The highest BCUT2D eigenvalue weighted by Crippen LogP contribution is 2.16. The van der Waals surface area contributed by atoms with Gasteiger partial charge in [0.15, 0.2) is 0 Å². The van der Waals surface area contributed by atoms with Crippen LogP contribution in [0.4, 0.5) is 0 Å². The Morgan fingerprint density at radius 2 is 2.00 bits per heavy atom. The van der Waals surface area contributed by atoms with E-state index in [-0.39, 0.29) is 12.5 Å². The van der Waals surface area contributed by atoms with Crippen LogP contribution in [0.5, 0.6) is 5.75 Å². The first-order chi connectivity index (χ1) is 10.1. The Labute approximate surface area is 126 Å². The fourth-order valence-corrected chi connectivity index (χ4v) is 1.72. The van der Waals surface area contributed by atoms with E-state index in [1.54, 1.807) is 0 Å². The predicted octanol–water partition coefficient (Wildman–Crippen LogP) is 1.59. The Morgan fingerprint density at radius 1 is 1.19 bits per heavy atom. The van der Waals surface area contributed by atoms with E-state index in [0.29, 0.717) is 32.8 Å². The van der Waals surface area contributed by atoms with Crippen molar-refractivity contribution in [2.75, 3.05) is 33.0 Å². The van der Waals surface area contributed by atoms with E-state index >= 15 is 0 Å². The molecule has 1 amide bonds. The molecule has 1 aromatic carbocycles. The number of hydrogen-bond donors (Lipinski definition) is 2. The quantitative estimate of drug-likeness (QED) is 0.643. The largest absolute Gasteiger partial charge is 0.493 e. The van der Waals surface area contributed by atoms with Crippen LogP contribution in [-0.4, -0.2) is 44.0 Å². The Kier molecular flexibility index (Phi) is 8.47. The molecule has 0 bridgehead atoms. The van der Waals surface area contributed by atoms with Gasteiger partial charge >= 0.3 is 0 Å². The van der Waals surface area contributed by atoms with Gasteiger partial charge in [-0.05, 0) is 43.5 Å². The lowest BCUT2D eigenvalue weighted by Crippen LogP contribution is -2.26. The highest BCUT2D eigenvalue weighted by Gasteiger charge is 2.02. The molecule has 5 nitrogen and oxygen atoms in total. The first-order valence-corrected chi connectivity index (χ1v) is 7.29. The molecule has 21 heavy (non-hydrogen) atoms. The number of benzene rings is 1. The summed E-state index contributed by atoms with van der Waals surface area (Å²) in [6.45, 7) is 5.95. The maximum Gasteiger partial charge on any atom is 0.223 e. The van der Waals surface area contributed by atoms with Gasteiger partial charge in [0, 0.05) is 13.2 Å². The van der Waals surface area contributed by atoms with Crippen LogP contribution in [-0.2, 0) is 9.53 Å². The summed E-state index contributed by atoms with van der Waals surface area (Å²) in [6.07, 6.45) is 1.08. The summed E-state index contributed by atoms with van der Waals surface area (Å²) in [5.41, 5.74) is 2.41. The van der Waals surface area contributed by atoms with Crippen molar-refractivity contribution >= 4 is 5.91 Å². The van der Waals surface area contributed by atoms with E-state index in [0.717, 1.165) is 12.2 Å². The molecule has 0 aromatic heterocycles. The zero-order chi connectivity index (χ0) is 15.5. The minimum absolute atomic E-state index is 0.0269. The number of carbonyl (C=O) groups excluding carboxylic acids is 1. The SMILES string of the molecule is Cc1ccc(OCCC(=O)NCCCOCCO)cc1C. The summed E-state index contributed by atoms with van der Waals surface area (Å²) in [6, 6.07) is 5.90. The first kappa shape index (κ1) is 17.5. The van der Waals surface area contributed by atoms with E-state index in [2.05, 4.69) is 12.2 Å². The van der Waals surface area contributed by atoms with E-state index in [4.69, 9.17) is 14.6 Å². The smallest absolute Gasteiger partial charge is 0.223 e. The molecular weight excluding hydrogens is 270 g/mol. The van der Waals surface area contributed by atoms with Gasteiger partial charge in [0.2, 0.25) is 5.91 Å². The molecule has 0 aliphatic rings. The third-order valence-electron chi connectivity index (χ3n) is 3.10. The minimum Gasteiger partial charge on any atom is -0.493 e. The molecule has 0 saturated heterocycles. The lowest BCUT2D eigenvalue weighted by molar-refractivity contribution is -0.121. The number of amides is 1. The van der Waals surface area contributed by atoms with Crippen LogP contribution >= 0.6 is 0 Å². The zero-order valence-corrected chi connectivity index (χ0v) is 12.9. The van der Waals surface area contributed by atoms with E-state index in [9.17, 15) is 4.79 Å². The molecule has 5 heteroatoms. The molecule has 0 fully saturated rings. The average molecular weight is 295 g/mol. The Morgan fingerprint density at radius 3 is 2.71 bits per heavy atom. The van der Waals surface area contributed by atoms with Crippen molar-refractivity contribution in [1.29, 1.82) is 0 Å². The highest BCUT2D eigenvalue weighted by atomic mass is 16.5. The molecule has 118 valence electrons. The summed E-state index contributed by atoms with van der Waals surface area (Å²) < 4.78 is 10.7. The summed E-state index contributed by atoms with van der Waals surface area (Å²) in [7, 11) is 0. The van der Waals surface area contributed by atoms with Crippen LogP contribution in [0.1, 0.15) is 24.0 Å². The standard InChI is InChI=1S/C16H25NO4/c1-13-4-5-15(12-14(13)2)21-10-6-16(19)17-7-3-9-20-11-8-18/h4-5,12,18H,3,6-11H2,1-2H3,(H,17,19). The van der Waals surface area contributed by atoms with Gasteiger partial charge in [-0.15, -0.1) is 0 Å². The molecule has 0 aliphatic heterocycles. The average Bonchev–Trinajstić information content (AvgIpc) is 2.46. The van der Waals surface area contributed by atoms with Crippen LogP contribution in [0, 0.1) is 13.8 Å². The number of rotatable bonds is 10. The Balaban J connectivity index is 2.09. The second kappa shape index (κ2) is 10.2. The lowest BCUT2D eigenvalue weighted by Gasteiger charge is -2.09. The van der Waals surface area contributed by atoms with Gasteiger partial charge in [-0.1, -0.05) is 6.07 Å². The second-order valence-electron chi connectivity index (χ2n) is 4.88. The number of carbonyl (C=O) groups is 1. The van der Waals surface area contributed by atoms with Crippen molar-refractivity contribution in [3.8, 4) is 5.75 Å². The summed E-state index contributed by atoms with van der Waals surface area (Å²) in [5.74, 6) is 0.768. The van der Waals surface area contributed by atoms with E-state index < -0.39 is 0 Å². The van der Waals surface area contributed by atoms with Gasteiger partial charge in [-0.3, -0.25) is 4.79 Å². The fraction of sp³-hybridized carbons (Fsp3) is 0.562. The highest BCUT2D eigenvalue weighted by molar-refractivity contribution is 5.75. The molecular formula is C16H25NO4. The number of aryl methyl sites for hydroxylation is 2. The van der Waals surface area contributed by atoms with Crippen LogP contribution in [0.15, 0.2) is 18.2 Å². The minimum atomic E-state index is -0.0269. The van der Waals surface area contributed by atoms with Gasteiger partial charge in [-0.25, -0.2) is 0 Å². The molecule has 0 atom stereocenters. The third kappa shape index (κ3) is 7.68. The van der Waals surface area contributed by atoms with Crippen molar-refractivity contribution < 1.29 is 19.4 Å². The van der Waals surface area contributed by atoms with E-state index in [1.165, 1.54) is 11.1 Å². The van der Waals surface area contributed by atoms with Crippen LogP contribution < -0.4 is 10.1 Å². The molecule has 1 aromatic rings. The monoisotopic (exact) mass is 295 g/mol. The number of aliphatic hydroxyl groups excluding tert-OH is 1. The normalized spacial score (nSPS) is 10.4. The van der Waals surface area contributed by atoms with Gasteiger partial charge in [0.05, 0.1) is 26.2 Å². The summed E-state index contributed by atoms with van der Waals surface area (Å²) in [4.78, 5) is 11.6. The van der Waals surface area contributed by atoms with Crippen molar-refractivity contribution in [2.45, 2.75) is 26.7 Å². The molecule has 1 rings (SSSR count). The first-order valence-electron chi connectivity index (χ1n) is 7.29. The van der Waals surface area contributed by atoms with Gasteiger partial charge in [-0.2, -0.15) is 0 Å². The van der Waals surface area contributed by atoms with Crippen molar-refractivity contribution in [1.82, 2.24) is 5.32 Å². The molecule has 0 saturated carbocycles. The number of hydrogen-bond acceptors (Lipinski definition) is 4. The maximum atomic E-state index is 11.6. The molecule has 2 N–H and O–H groups in total. The number of nitrogens with one attached hydrogen (secondary N) is 1. The van der Waals surface area contributed by atoms with Crippen molar-refractivity contribution in [2.24, 2.45) is 0 Å². The van der Waals surface area contributed by atoms with Gasteiger partial charge in [0.25, 0.3) is 0 Å². The van der Waals surface area contributed by atoms with Crippen LogP contribution in [0.2, 0.25) is 0 Å². The number of ether oxygens (including phenoxy) is 2. The topological polar surface area (TPSA) is 67.8 Å². The summed E-state index contributed by atoms with van der Waals surface area (Å²) >= 11 is 0. The Hall–Kier alpha value is -1.59. The molecule has 0 spiro atoms. The summed E-state index contributed by atoms with van der Waals surface area (Å²) in [5, 5.41) is 11.3. The lowest BCUT2D eigenvalue weighted by atomic mass is 10.1. The van der Waals surface area contributed by atoms with E-state index in [1.807, 2.05) is 25.1 Å². The third-order valence-corrected chi connectivity index (χ3v) is 3.10. The molecule has 0 heterocycles. The van der Waals surface area contributed by atoms with Gasteiger partial charge in [0.1, 0.15) is 5.75 Å². The molecule has 0 aliphatic carbocycles. The van der Waals surface area contributed by atoms with Gasteiger partial charge < -0.3 is 19.9 Å². The predicted molar refractivity (Wildman–Crippen MR) is 81.6 cm³/mol.